The van der Waals surface area contributed by atoms with Gasteiger partial charge in [0.25, 0.3) is 0 Å². The molecular weight excluding hydrogens is 310 g/mol. The monoisotopic (exact) mass is 327 g/mol. The van der Waals surface area contributed by atoms with E-state index in [1.165, 1.54) is 5.56 Å². The maximum absolute atomic E-state index is 6.00. The van der Waals surface area contributed by atoms with Gasteiger partial charge in [0.1, 0.15) is 18.2 Å². The molecule has 3 rings (SSSR count). The lowest BCUT2D eigenvalue weighted by molar-refractivity contribution is 0.304. The molecule has 3 aromatic rings. The molecular formula is C18H18ClN3O. The summed E-state index contributed by atoms with van der Waals surface area (Å²) in [5.41, 5.74) is 2.03. The van der Waals surface area contributed by atoms with E-state index in [0.717, 1.165) is 22.5 Å². The number of nitrogens with one attached hydrogen (secondary N) is 1. The predicted molar refractivity (Wildman–Crippen MR) is 94.3 cm³/mol. The molecule has 0 aliphatic carbocycles. The van der Waals surface area contributed by atoms with E-state index in [1.807, 2.05) is 55.5 Å². The third kappa shape index (κ3) is 3.90. The third-order valence-corrected chi connectivity index (χ3v) is 3.65. The fraction of sp³-hybridized carbons (Fsp3) is 0.222. The molecule has 0 amide bonds. The summed E-state index contributed by atoms with van der Waals surface area (Å²) in [6.07, 6.45) is 0. The van der Waals surface area contributed by atoms with Gasteiger partial charge in [-0.1, -0.05) is 29.8 Å². The van der Waals surface area contributed by atoms with Crippen molar-refractivity contribution in [3.63, 3.8) is 0 Å². The average Bonchev–Trinajstić information content (AvgIpc) is 2.54. The van der Waals surface area contributed by atoms with Gasteiger partial charge in [0.2, 0.25) is 5.28 Å². The zero-order chi connectivity index (χ0) is 16.2. The molecule has 0 saturated carbocycles. The van der Waals surface area contributed by atoms with Crippen molar-refractivity contribution in [3.05, 3.63) is 59.4 Å². The van der Waals surface area contributed by atoms with Gasteiger partial charge in [0.05, 0.1) is 11.6 Å². The van der Waals surface area contributed by atoms with Crippen molar-refractivity contribution in [2.24, 2.45) is 0 Å². The van der Waals surface area contributed by atoms with E-state index in [0.29, 0.717) is 6.61 Å². The molecule has 0 aliphatic heterocycles. The van der Waals surface area contributed by atoms with Crippen LogP contribution >= 0.6 is 11.6 Å². The first-order valence-corrected chi connectivity index (χ1v) is 7.88. The Labute approximate surface area is 140 Å². The Morgan fingerprint density at radius 1 is 1.09 bits per heavy atom. The van der Waals surface area contributed by atoms with E-state index >= 15 is 0 Å². The summed E-state index contributed by atoms with van der Waals surface area (Å²) in [6.45, 7) is 4.62. The fourth-order valence-corrected chi connectivity index (χ4v) is 2.46. The molecule has 1 atom stereocenters. The van der Waals surface area contributed by atoms with Crippen LogP contribution in [0.4, 0.5) is 5.82 Å². The zero-order valence-electron chi connectivity index (χ0n) is 13.1. The van der Waals surface area contributed by atoms with E-state index < -0.39 is 0 Å². The zero-order valence-corrected chi connectivity index (χ0v) is 13.8. The number of hydrogen-bond donors (Lipinski definition) is 1. The second-order valence-corrected chi connectivity index (χ2v) is 5.87. The molecule has 0 saturated heterocycles. The minimum Gasteiger partial charge on any atom is -0.491 e. The highest BCUT2D eigenvalue weighted by Crippen LogP contribution is 2.22. The van der Waals surface area contributed by atoms with Gasteiger partial charge in [-0.25, -0.2) is 9.97 Å². The summed E-state index contributed by atoms with van der Waals surface area (Å²) in [4.78, 5) is 8.52. The summed E-state index contributed by atoms with van der Waals surface area (Å²) >= 11 is 6.00. The summed E-state index contributed by atoms with van der Waals surface area (Å²) < 4.78 is 5.80. The molecule has 0 radical (unpaired) electrons. The van der Waals surface area contributed by atoms with Crippen LogP contribution < -0.4 is 10.1 Å². The van der Waals surface area contributed by atoms with Crippen molar-refractivity contribution in [2.45, 2.75) is 19.9 Å². The minimum absolute atomic E-state index is 0.0747. The van der Waals surface area contributed by atoms with Crippen LogP contribution in [0.15, 0.2) is 48.5 Å². The highest BCUT2D eigenvalue weighted by molar-refractivity contribution is 6.28. The minimum atomic E-state index is 0.0747. The number of aromatic nitrogens is 2. The van der Waals surface area contributed by atoms with E-state index in [2.05, 4.69) is 22.2 Å². The van der Waals surface area contributed by atoms with Crippen molar-refractivity contribution in [1.29, 1.82) is 0 Å². The van der Waals surface area contributed by atoms with Crippen LogP contribution in [0.3, 0.4) is 0 Å². The Kier molecular flexibility index (Phi) is 4.63. The molecule has 5 heteroatoms. The molecule has 1 N–H and O–H groups in total. The molecule has 118 valence electrons. The number of benzene rings is 2. The maximum atomic E-state index is 6.00. The Bertz CT molecular complexity index is 805. The fourth-order valence-electron chi connectivity index (χ4n) is 2.29. The van der Waals surface area contributed by atoms with Crippen LogP contribution in [-0.4, -0.2) is 22.6 Å². The molecule has 1 heterocycles. The predicted octanol–water partition coefficient (Wildman–Crippen LogP) is 4.47. The topological polar surface area (TPSA) is 47.0 Å². The van der Waals surface area contributed by atoms with Crippen molar-refractivity contribution >= 4 is 28.3 Å². The van der Waals surface area contributed by atoms with Gasteiger partial charge in [-0.3, -0.25) is 0 Å². The lowest BCUT2D eigenvalue weighted by Gasteiger charge is -2.17. The first-order chi connectivity index (χ1) is 11.1. The highest BCUT2D eigenvalue weighted by atomic mass is 35.5. The standard InChI is InChI=1S/C18H18ClN3O/c1-12-7-9-14(10-8-12)23-11-13(2)20-17-15-5-3-4-6-16(15)21-18(19)22-17/h3-10,13H,11H2,1-2H3,(H,20,21,22). The highest BCUT2D eigenvalue weighted by Gasteiger charge is 2.10. The Hall–Kier alpha value is -2.33. The summed E-state index contributed by atoms with van der Waals surface area (Å²) in [6, 6.07) is 15.9. The van der Waals surface area contributed by atoms with Gasteiger partial charge < -0.3 is 10.1 Å². The number of anilines is 1. The van der Waals surface area contributed by atoms with Crippen LogP contribution in [0.25, 0.3) is 10.9 Å². The maximum Gasteiger partial charge on any atom is 0.224 e. The number of ether oxygens (including phenoxy) is 1. The molecule has 2 aromatic carbocycles. The van der Waals surface area contributed by atoms with E-state index in [9.17, 15) is 0 Å². The van der Waals surface area contributed by atoms with Gasteiger partial charge in [0.15, 0.2) is 0 Å². The number of halogens is 1. The van der Waals surface area contributed by atoms with Gasteiger partial charge in [0, 0.05) is 5.39 Å². The number of para-hydroxylation sites is 1. The van der Waals surface area contributed by atoms with E-state index in [-0.39, 0.29) is 11.3 Å². The molecule has 0 bridgehead atoms. The Morgan fingerprint density at radius 2 is 1.83 bits per heavy atom. The van der Waals surface area contributed by atoms with Crippen LogP contribution in [0.1, 0.15) is 12.5 Å². The number of fused-ring (bicyclic) bond motifs is 1. The number of nitrogens with zero attached hydrogens (tertiary/aromatic N) is 2. The van der Waals surface area contributed by atoms with Crippen molar-refractivity contribution < 1.29 is 4.74 Å². The summed E-state index contributed by atoms with van der Waals surface area (Å²) in [7, 11) is 0. The van der Waals surface area contributed by atoms with Gasteiger partial charge in [-0.15, -0.1) is 0 Å². The van der Waals surface area contributed by atoms with Crippen molar-refractivity contribution in [3.8, 4) is 5.75 Å². The average molecular weight is 328 g/mol. The Balaban J connectivity index is 1.70. The molecule has 1 unspecified atom stereocenters. The molecule has 0 spiro atoms. The lowest BCUT2D eigenvalue weighted by atomic mass is 10.2. The van der Waals surface area contributed by atoms with Gasteiger partial charge in [-0.2, -0.15) is 0 Å². The Morgan fingerprint density at radius 3 is 2.61 bits per heavy atom. The normalized spacial score (nSPS) is 12.1. The van der Waals surface area contributed by atoms with E-state index in [4.69, 9.17) is 16.3 Å². The SMILES string of the molecule is Cc1ccc(OCC(C)Nc2nc(Cl)nc3ccccc23)cc1. The molecule has 4 nitrogen and oxygen atoms in total. The van der Waals surface area contributed by atoms with Crippen molar-refractivity contribution in [1.82, 2.24) is 9.97 Å². The second kappa shape index (κ2) is 6.84. The van der Waals surface area contributed by atoms with Crippen molar-refractivity contribution in [2.75, 3.05) is 11.9 Å². The van der Waals surface area contributed by atoms with E-state index in [1.54, 1.807) is 0 Å². The smallest absolute Gasteiger partial charge is 0.224 e. The largest absolute Gasteiger partial charge is 0.491 e. The first-order valence-electron chi connectivity index (χ1n) is 7.50. The quantitative estimate of drug-likeness (QED) is 0.702. The molecule has 0 fully saturated rings. The number of rotatable bonds is 5. The third-order valence-electron chi connectivity index (χ3n) is 3.48. The van der Waals surface area contributed by atoms with Gasteiger partial charge in [-0.05, 0) is 49.7 Å². The van der Waals surface area contributed by atoms with Crippen LogP contribution in [0.2, 0.25) is 5.28 Å². The van der Waals surface area contributed by atoms with Crippen LogP contribution in [-0.2, 0) is 0 Å². The van der Waals surface area contributed by atoms with Crippen LogP contribution in [0, 0.1) is 6.92 Å². The summed E-state index contributed by atoms with van der Waals surface area (Å²) in [5.74, 6) is 1.58. The molecule has 23 heavy (non-hydrogen) atoms. The lowest BCUT2D eigenvalue weighted by Crippen LogP contribution is -2.24. The number of aryl methyl sites for hydroxylation is 1. The van der Waals surface area contributed by atoms with Gasteiger partial charge >= 0.3 is 0 Å². The first kappa shape index (κ1) is 15.6. The van der Waals surface area contributed by atoms with Crippen LogP contribution in [0.5, 0.6) is 5.75 Å². The number of hydrogen-bond acceptors (Lipinski definition) is 4. The summed E-state index contributed by atoms with van der Waals surface area (Å²) in [5, 5.41) is 4.52. The second-order valence-electron chi connectivity index (χ2n) is 5.53. The molecule has 1 aromatic heterocycles. The molecule has 0 aliphatic rings.